The highest BCUT2D eigenvalue weighted by molar-refractivity contribution is 7.80. The van der Waals surface area contributed by atoms with Gasteiger partial charge < -0.3 is 11.1 Å². The standard InChI is InChI=1S/C8H13F3N2OS/c1-2-3-5(7(12)15)13-6(14)4-8(9,10)11/h5H,2-4H2,1H3,(H2,12,15)(H,13,14). The van der Waals surface area contributed by atoms with Crippen LogP contribution in [-0.2, 0) is 4.79 Å². The van der Waals surface area contributed by atoms with Crippen molar-refractivity contribution in [3.05, 3.63) is 0 Å². The zero-order valence-electron chi connectivity index (χ0n) is 8.23. The number of amides is 1. The van der Waals surface area contributed by atoms with E-state index >= 15 is 0 Å². The van der Waals surface area contributed by atoms with Gasteiger partial charge in [-0.2, -0.15) is 13.2 Å². The Morgan fingerprint density at radius 2 is 2.07 bits per heavy atom. The van der Waals surface area contributed by atoms with Crippen molar-refractivity contribution in [2.75, 3.05) is 0 Å². The second-order valence-corrected chi connectivity index (χ2v) is 3.57. The van der Waals surface area contributed by atoms with Crippen LogP contribution in [0.15, 0.2) is 0 Å². The maximum atomic E-state index is 11.8. The van der Waals surface area contributed by atoms with Crippen LogP contribution in [0, 0.1) is 0 Å². The minimum atomic E-state index is -4.50. The summed E-state index contributed by atoms with van der Waals surface area (Å²) in [7, 11) is 0. The number of nitrogens with two attached hydrogens (primary N) is 1. The first-order chi connectivity index (χ1) is 6.76. The predicted octanol–water partition coefficient (Wildman–Crippen LogP) is 1.51. The van der Waals surface area contributed by atoms with Crippen molar-refractivity contribution in [1.82, 2.24) is 5.32 Å². The quantitative estimate of drug-likeness (QED) is 0.718. The Bertz CT molecular complexity index is 243. The average Bonchev–Trinajstić information content (AvgIpc) is 1.99. The van der Waals surface area contributed by atoms with Crippen LogP contribution in [0.2, 0.25) is 0 Å². The summed E-state index contributed by atoms with van der Waals surface area (Å²) < 4.78 is 35.5. The minimum Gasteiger partial charge on any atom is -0.392 e. The SMILES string of the molecule is CCCC(NC(=O)CC(F)(F)F)C(N)=S. The summed E-state index contributed by atoms with van der Waals surface area (Å²) in [6.07, 6.45) is -4.89. The van der Waals surface area contributed by atoms with Gasteiger partial charge in [-0.25, -0.2) is 0 Å². The van der Waals surface area contributed by atoms with Crippen LogP contribution in [-0.4, -0.2) is 23.1 Å². The van der Waals surface area contributed by atoms with Crippen LogP contribution in [0.1, 0.15) is 26.2 Å². The van der Waals surface area contributed by atoms with E-state index in [4.69, 9.17) is 5.73 Å². The molecule has 0 radical (unpaired) electrons. The van der Waals surface area contributed by atoms with Gasteiger partial charge in [0, 0.05) is 0 Å². The number of hydrogen-bond acceptors (Lipinski definition) is 2. The van der Waals surface area contributed by atoms with Crippen LogP contribution in [0.25, 0.3) is 0 Å². The molecule has 0 bridgehead atoms. The summed E-state index contributed by atoms with van der Waals surface area (Å²) in [5.74, 6) is -1.10. The van der Waals surface area contributed by atoms with E-state index in [0.29, 0.717) is 12.8 Å². The van der Waals surface area contributed by atoms with Crippen LogP contribution in [0.4, 0.5) is 13.2 Å². The minimum absolute atomic E-state index is 0.00683. The summed E-state index contributed by atoms with van der Waals surface area (Å²) in [6.45, 7) is 1.82. The summed E-state index contributed by atoms with van der Waals surface area (Å²) in [5, 5.41) is 2.15. The zero-order chi connectivity index (χ0) is 12.1. The lowest BCUT2D eigenvalue weighted by Gasteiger charge is -2.17. The first kappa shape index (κ1) is 14.2. The van der Waals surface area contributed by atoms with Gasteiger partial charge in [0.2, 0.25) is 5.91 Å². The number of carbonyl (C=O) groups excluding carboxylic acids is 1. The first-order valence-corrected chi connectivity index (χ1v) is 4.82. The molecule has 0 aliphatic carbocycles. The van der Waals surface area contributed by atoms with Gasteiger partial charge in [0.1, 0.15) is 6.42 Å². The van der Waals surface area contributed by atoms with Gasteiger partial charge >= 0.3 is 6.18 Å². The van der Waals surface area contributed by atoms with Crippen LogP contribution < -0.4 is 11.1 Å². The highest BCUT2D eigenvalue weighted by Crippen LogP contribution is 2.19. The molecule has 0 aromatic rings. The highest BCUT2D eigenvalue weighted by Gasteiger charge is 2.32. The van der Waals surface area contributed by atoms with E-state index in [9.17, 15) is 18.0 Å². The Hall–Kier alpha value is -0.850. The Balaban J connectivity index is 4.18. The molecule has 0 aliphatic rings. The van der Waals surface area contributed by atoms with E-state index in [0.717, 1.165) is 0 Å². The molecule has 0 saturated heterocycles. The van der Waals surface area contributed by atoms with Crippen molar-refractivity contribution in [3.8, 4) is 0 Å². The highest BCUT2D eigenvalue weighted by atomic mass is 32.1. The van der Waals surface area contributed by atoms with Gasteiger partial charge in [-0.15, -0.1) is 0 Å². The molecule has 1 atom stereocenters. The third kappa shape index (κ3) is 7.12. The van der Waals surface area contributed by atoms with Crippen LogP contribution >= 0.6 is 12.2 Å². The second kappa shape index (κ2) is 5.89. The van der Waals surface area contributed by atoms with Gasteiger partial charge in [-0.05, 0) is 6.42 Å². The topological polar surface area (TPSA) is 55.1 Å². The number of rotatable bonds is 5. The maximum absolute atomic E-state index is 11.8. The van der Waals surface area contributed by atoms with Gasteiger partial charge in [0.05, 0.1) is 11.0 Å². The second-order valence-electron chi connectivity index (χ2n) is 3.10. The van der Waals surface area contributed by atoms with Crippen LogP contribution in [0.5, 0.6) is 0 Å². The Kier molecular flexibility index (Phi) is 5.56. The van der Waals surface area contributed by atoms with Crippen molar-refractivity contribution < 1.29 is 18.0 Å². The number of alkyl halides is 3. The lowest BCUT2D eigenvalue weighted by atomic mass is 10.1. The van der Waals surface area contributed by atoms with Gasteiger partial charge in [0.15, 0.2) is 0 Å². The van der Waals surface area contributed by atoms with Crippen molar-refractivity contribution >= 4 is 23.1 Å². The van der Waals surface area contributed by atoms with E-state index in [1.54, 1.807) is 0 Å². The molecule has 0 saturated carbocycles. The summed E-state index contributed by atoms with van der Waals surface area (Å²) >= 11 is 4.62. The summed E-state index contributed by atoms with van der Waals surface area (Å²) in [4.78, 5) is 10.9. The van der Waals surface area contributed by atoms with Crippen molar-refractivity contribution in [3.63, 3.8) is 0 Å². The molecule has 15 heavy (non-hydrogen) atoms. The Labute approximate surface area is 91.2 Å². The summed E-state index contributed by atoms with van der Waals surface area (Å²) in [5.41, 5.74) is 5.27. The van der Waals surface area contributed by atoms with Crippen LogP contribution in [0.3, 0.4) is 0 Å². The number of hydrogen-bond donors (Lipinski definition) is 2. The number of carbonyl (C=O) groups is 1. The van der Waals surface area contributed by atoms with E-state index in [1.165, 1.54) is 0 Å². The van der Waals surface area contributed by atoms with Gasteiger partial charge in [-0.1, -0.05) is 25.6 Å². The van der Waals surface area contributed by atoms with E-state index in [1.807, 2.05) is 6.92 Å². The zero-order valence-corrected chi connectivity index (χ0v) is 9.04. The third-order valence-electron chi connectivity index (χ3n) is 1.62. The normalized spacial score (nSPS) is 13.3. The molecule has 1 amide bonds. The molecule has 3 N–H and O–H groups in total. The molecular formula is C8H13F3N2OS. The Morgan fingerprint density at radius 3 is 2.40 bits per heavy atom. The first-order valence-electron chi connectivity index (χ1n) is 4.41. The van der Waals surface area contributed by atoms with E-state index < -0.39 is 24.5 Å². The lowest BCUT2D eigenvalue weighted by Crippen LogP contribution is -2.44. The number of nitrogens with one attached hydrogen (secondary N) is 1. The molecule has 0 heterocycles. The molecule has 0 spiro atoms. The predicted molar refractivity (Wildman–Crippen MR) is 54.3 cm³/mol. The van der Waals surface area contributed by atoms with Gasteiger partial charge in [0.25, 0.3) is 0 Å². The fourth-order valence-electron chi connectivity index (χ4n) is 1.00. The monoisotopic (exact) mass is 242 g/mol. The molecular weight excluding hydrogens is 229 g/mol. The van der Waals surface area contributed by atoms with Crippen molar-refractivity contribution in [2.24, 2.45) is 5.73 Å². The molecule has 0 fully saturated rings. The fraction of sp³-hybridized carbons (Fsp3) is 0.750. The average molecular weight is 242 g/mol. The maximum Gasteiger partial charge on any atom is 0.397 e. The van der Waals surface area contributed by atoms with Crippen molar-refractivity contribution in [2.45, 2.75) is 38.4 Å². The molecule has 88 valence electrons. The molecule has 0 aromatic carbocycles. The van der Waals surface area contributed by atoms with Gasteiger partial charge in [-0.3, -0.25) is 4.79 Å². The Morgan fingerprint density at radius 1 is 1.53 bits per heavy atom. The van der Waals surface area contributed by atoms with E-state index in [2.05, 4.69) is 17.5 Å². The molecule has 0 rings (SSSR count). The number of thiocarbonyl (C=S) groups is 1. The third-order valence-corrected chi connectivity index (χ3v) is 1.90. The van der Waals surface area contributed by atoms with E-state index in [-0.39, 0.29) is 4.99 Å². The molecule has 7 heteroatoms. The lowest BCUT2D eigenvalue weighted by molar-refractivity contribution is -0.153. The smallest absolute Gasteiger partial charge is 0.392 e. The van der Waals surface area contributed by atoms with Crippen molar-refractivity contribution in [1.29, 1.82) is 0 Å². The molecule has 1 unspecified atom stereocenters. The molecule has 3 nitrogen and oxygen atoms in total. The molecule has 0 aromatic heterocycles. The largest absolute Gasteiger partial charge is 0.397 e. The number of halogens is 3. The molecule has 0 aliphatic heterocycles. The fourth-order valence-corrected chi connectivity index (χ4v) is 1.18. The summed E-state index contributed by atoms with van der Waals surface area (Å²) in [6, 6.07) is -0.653.